The van der Waals surface area contributed by atoms with Crippen LogP contribution in [0.3, 0.4) is 0 Å². The second kappa shape index (κ2) is 11.1. The maximum Gasteiger partial charge on any atom is 0.312 e. The molecule has 0 saturated carbocycles. The Hall–Kier alpha value is -2.57. The monoisotopic (exact) mass is 376 g/mol. The average molecular weight is 377 g/mol. The molecular weight excluding hydrogens is 352 g/mol. The molecule has 0 heterocycles. The largest absolute Gasteiger partial charge is 0.352 e. The van der Waals surface area contributed by atoms with Gasteiger partial charge in [-0.1, -0.05) is 42.5 Å². The molecule has 7 heteroatoms. The van der Waals surface area contributed by atoms with Crippen LogP contribution < -0.4 is 16.8 Å². The Balaban J connectivity index is 0.00000338. The van der Waals surface area contributed by atoms with Gasteiger partial charge in [0.05, 0.1) is 0 Å². The number of primary amides is 1. The van der Waals surface area contributed by atoms with Crippen molar-refractivity contribution < 1.29 is 9.59 Å². The van der Waals surface area contributed by atoms with Crippen LogP contribution in [0.25, 0.3) is 0 Å². The smallest absolute Gasteiger partial charge is 0.312 e. The van der Waals surface area contributed by atoms with Gasteiger partial charge >= 0.3 is 6.03 Å². The van der Waals surface area contributed by atoms with Crippen molar-refractivity contribution in [1.82, 2.24) is 10.2 Å². The van der Waals surface area contributed by atoms with E-state index in [0.29, 0.717) is 31.7 Å². The number of carbonyl (C=O) groups excluding carboxylic acids is 2. The maximum absolute atomic E-state index is 12.8. The Morgan fingerprint density at radius 1 is 0.962 bits per heavy atom. The Labute approximate surface area is 160 Å². The second-order valence-corrected chi connectivity index (χ2v) is 5.77. The van der Waals surface area contributed by atoms with Crippen LogP contribution in [-0.2, 0) is 13.1 Å². The molecule has 2 aromatic carbocycles. The number of benzene rings is 2. The quantitative estimate of drug-likeness (QED) is 0.658. The number of amides is 3. The number of rotatable bonds is 8. The van der Waals surface area contributed by atoms with Crippen molar-refractivity contribution in [3.05, 3.63) is 71.3 Å². The summed E-state index contributed by atoms with van der Waals surface area (Å²) < 4.78 is 0. The van der Waals surface area contributed by atoms with E-state index in [9.17, 15) is 9.59 Å². The van der Waals surface area contributed by atoms with Gasteiger partial charge in [-0.2, -0.15) is 0 Å². The number of hydrogen-bond acceptors (Lipinski definition) is 3. The zero-order chi connectivity index (χ0) is 18.1. The summed E-state index contributed by atoms with van der Waals surface area (Å²) >= 11 is 0. The molecule has 0 aromatic heterocycles. The summed E-state index contributed by atoms with van der Waals surface area (Å²) in [4.78, 5) is 25.4. The van der Waals surface area contributed by atoms with Gasteiger partial charge in [0.15, 0.2) is 0 Å². The molecular formula is C19H25ClN4O2. The molecule has 0 atom stereocenters. The summed E-state index contributed by atoms with van der Waals surface area (Å²) in [6.07, 6.45) is 0.749. The molecule has 2 aromatic rings. The normalized spacial score (nSPS) is 9.88. The van der Waals surface area contributed by atoms with E-state index < -0.39 is 6.03 Å². The molecule has 0 aliphatic carbocycles. The first-order valence-corrected chi connectivity index (χ1v) is 8.25. The number of hydrogen-bond donors (Lipinski definition) is 3. The minimum Gasteiger partial charge on any atom is -0.352 e. The molecule has 2 rings (SSSR count). The van der Waals surface area contributed by atoms with Crippen LogP contribution in [0, 0.1) is 0 Å². The van der Waals surface area contributed by atoms with Crippen molar-refractivity contribution in [2.45, 2.75) is 19.5 Å². The van der Waals surface area contributed by atoms with Crippen molar-refractivity contribution in [2.24, 2.45) is 11.5 Å². The average Bonchev–Trinajstić information content (AvgIpc) is 2.64. The minimum atomic E-state index is -0.573. The van der Waals surface area contributed by atoms with Gasteiger partial charge in [0.25, 0.3) is 5.91 Å². The summed E-state index contributed by atoms with van der Waals surface area (Å²) in [6.45, 7) is 2.03. The first kappa shape index (κ1) is 21.5. The third kappa shape index (κ3) is 6.74. The van der Waals surface area contributed by atoms with Crippen LogP contribution in [0.15, 0.2) is 54.6 Å². The summed E-state index contributed by atoms with van der Waals surface area (Å²) in [5, 5.41) is 2.52. The van der Waals surface area contributed by atoms with E-state index in [1.807, 2.05) is 42.5 Å². The number of halogens is 1. The van der Waals surface area contributed by atoms with Gasteiger partial charge < -0.3 is 21.7 Å². The molecule has 0 unspecified atom stereocenters. The highest BCUT2D eigenvalue weighted by Crippen LogP contribution is 2.12. The first-order chi connectivity index (χ1) is 12.1. The van der Waals surface area contributed by atoms with Crippen LogP contribution >= 0.6 is 12.4 Å². The molecule has 0 aliphatic rings. The molecule has 0 radical (unpaired) electrons. The Morgan fingerprint density at radius 2 is 1.62 bits per heavy atom. The van der Waals surface area contributed by atoms with Gasteiger partial charge in [-0.05, 0) is 36.2 Å². The van der Waals surface area contributed by atoms with Gasteiger partial charge in [0.1, 0.15) is 0 Å². The van der Waals surface area contributed by atoms with E-state index >= 15 is 0 Å². The molecule has 3 amide bonds. The van der Waals surface area contributed by atoms with E-state index in [1.165, 1.54) is 0 Å². The van der Waals surface area contributed by atoms with E-state index in [4.69, 9.17) is 11.5 Å². The van der Waals surface area contributed by atoms with Gasteiger partial charge in [-0.3, -0.25) is 4.79 Å². The summed E-state index contributed by atoms with van der Waals surface area (Å²) in [5.74, 6) is -0.0355. The highest BCUT2D eigenvalue weighted by molar-refractivity contribution is 5.94. The minimum absolute atomic E-state index is 0. The molecule has 0 aliphatic heterocycles. The fourth-order valence-electron chi connectivity index (χ4n) is 2.48. The van der Waals surface area contributed by atoms with Crippen LogP contribution in [0.5, 0.6) is 0 Å². The number of nitrogens with zero attached hydrogens (tertiary/aromatic N) is 1. The van der Waals surface area contributed by atoms with Gasteiger partial charge in [-0.15, -0.1) is 12.4 Å². The van der Waals surface area contributed by atoms with Crippen molar-refractivity contribution in [3.63, 3.8) is 0 Å². The number of nitrogens with one attached hydrogen (secondary N) is 1. The molecule has 26 heavy (non-hydrogen) atoms. The maximum atomic E-state index is 12.8. The standard InChI is InChI=1S/C19H24N4O2.ClH/c20-11-4-12-23(14-16-5-2-1-3-6-16)18(24)17-9-7-15(8-10-17)13-22-19(21)25;/h1-3,5-10H,4,11-14,20H2,(H3,21,22,25);1H. The number of urea groups is 1. The lowest BCUT2D eigenvalue weighted by atomic mass is 10.1. The lowest BCUT2D eigenvalue weighted by Gasteiger charge is -2.23. The first-order valence-electron chi connectivity index (χ1n) is 8.25. The van der Waals surface area contributed by atoms with Gasteiger partial charge in [0.2, 0.25) is 0 Å². The number of carbonyl (C=O) groups is 2. The predicted molar refractivity (Wildman–Crippen MR) is 105 cm³/mol. The molecule has 0 spiro atoms. The SMILES string of the molecule is Cl.NCCCN(Cc1ccccc1)C(=O)c1ccc(CNC(N)=O)cc1. The van der Waals surface area contributed by atoms with Crippen molar-refractivity contribution in [2.75, 3.05) is 13.1 Å². The fraction of sp³-hybridized carbons (Fsp3) is 0.263. The second-order valence-electron chi connectivity index (χ2n) is 5.77. The Kier molecular flexibility index (Phi) is 9.19. The summed E-state index contributed by atoms with van der Waals surface area (Å²) in [7, 11) is 0. The van der Waals surface area contributed by atoms with E-state index in [2.05, 4.69) is 5.32 Å². The molecule has 0 saturated heterocycles. The van der Waals surface area contributed by atoms with Crippen molar-refractivity contribution >= 4 is 24.3 Å². The van der Waals surface area contributed by atoms with Crippen molar-refractivity contribution in [3.8, 4) is 0 Å². The van der Waals surface area contributed by atoms with Gasteiger partial charge in [-0.25, -0.2) is 4.79 Å². The summed E-state index contributed by atoms with van der Waals surface area (Å²) in [6, 6.07) is 16.5. The molecule has 140 valence electrons. The molecule has 6 nitrogen and oxygen atoms in total. The topological polar surface area (TPSA) is 101 Å². The highest BCUT2D eigenvalue weighted by Gasteiger charge is 2.15. The van der Waals surface area contributed by atoms with Crippen LogP contribution in [0.2, 0.25) is 0 Å². The number of nitrogens with two attached hydrogens (primary N) is 2. The predicted octanol–water partition coefficient (Wildman–Crippen LogP) is 2.27. The summed E-state index contributed by atoms with van der Waals surface area (Å²) in [5.41, 5.74) is 13.2. The highest BCUT2D eigenvalue weighted by atomic mass is 35.5. The molecule has 0 fully saturated rings. The molecule has 5 N–H and O–H groups in total. The third-order valence-electron chi connectivity index (χ3n) is 3.80. The lowest BCUT2D eigenvalue weighted by Crippen LogP contribution is -2.32. The van der Waals surface area contributed by atoms with E-state index in [0.717, 1.165) is 17.5 Å². The van der Waals surface area contributed by atoms with Crippen LogP contribution in [-0.4, -0.2) is 29.9 Å². The van der Waals surface area contributed by atoms with Crippen LogP contribution in [0.1, 0.15) is 27.9 Å². The van der Waals surface area contributed by atoms with Crippen molar-refractivity contribution in [1.29, 1.82) is 0 Å². The Bertz CT molecular complexity index is 692. The van der Waals surface area contributed by atoms with E-state index in [1.54, 1.807) is 17.0 Å². The van der Waals surface area contributed by atoms with Crippen LogP contribution in [0.4, 0.5) is 4.79 Å². The van der Waals surface area contributed by atoms with Gasteiger partial charge in [0, 0.05) is 25.2 Å². The molecule has 0 bridgehead atoms. The van der Waals surface area contributed by atoms with E-state index in [-0.39, 0.29) is 18.3 Å². The zero-order valence-electron chi connectivity index (χ0n) is 14.6. The zero-order valence-corrected chi connectivity index (χ0v) is 15.4. The third-order valence-corrected chi connectivity index (χ3v) is 3.80. The Morgan fingerprint density at radius 3 is 2.19 bits per heavy atom. The lowest BCUT2D eigenvalue weighted by molar-refractivity contribution is 0.0742. The fourth-order valence-corrected chi connectivity index (χ4v) is 2.48.